The average molecular weight is 202 g/mol. The van der Waals surface area contributed by atoms with E-state index in [0.717, 1.165) is 12.8 Å². The van der Waals surface area contributed by atoms with E-state index >= 15 is 0 Å². The Hall–Kier alpha value is -0.570. The van der Waals surface area contributed by atoms with E-state index in [4.69, 9.17) is 0 Å². The summed E-state index contributed by atoms with van der Waals surface area (Å²) in [6.07, 6.45) is 6.56. The minimum absolute atomic E-state index is 0.515. The number of rotatable bonds is 8. The topological polar surface area (TPSA) is 46.5 Å². The average Bonchev–Trinajstić information content (AvgIpc) is 2.21. The van der Waals surface area contributed by atoms with Crippen LogP contribution in [0.25, 0.3) is 0 Å². The highest BCUT2D eigenvalue weighted by Crippen LogP contribution is 2.09. The van der Waals surface area contributed by atoms with Gasteiger partial charge in [-0.25, -0.2) is 4.79 Å². The normalized spacial score (nSPS) is 12.5. The van der Waals surface area contributed by atoms with E-state index in [2.05, 4.69) is 11.7 Å². The van der Waals surface area contributed by atoms with Gasteiger partial charge in [-0.1, -0.05) is 45.4 Å². The van der Waals surface area contributed by atoms with E-state index in [9.17, 15) is 9.90 Å². The molecule has 1 N–H and O–H groups in total. The van der Waals surface area contributed by atoms with Crippen LogP contribution in [0.3, 0.4) is 0 Å². The molecule has 0 aromatic carbocycles. The zero-order valence-electron chi connectivity index (χ0n) is 9.29. The summed E-state index contributed by atoms with van der Waals surface area (Å²) in [5.41, 5.74) is 0. The van der Waals surface area contributed by atoms with Gasteiger partial charge in [-0.15, -0.1) is 0 Å². The summed E-state index contributed by atoms with van der Waals surface area (Å²) >= 11 is 0. The number of hydrogen-bond donors (Lipinski definition) is 1. The molecule has 0 aromatic rings. The molecule has 1 unspecified atom stereocenters. The van der Waals surface area contributed by atoms with Crippen molar-refractivity contribution >= 4 is 5.97 Å². The molecule has 1 atom stereocenters. The Morgan fingerprint density at radius 3 is 2.36 bits per heavy atom. The minimum Gasteiger partial charge on any atom is -0.467 e. The van der Waals surface area contributed by atoms with Gasteiger partial charge in [0, 0.05) is 0 Å². The SMILES string of the molecule is CCCCCCCCC(O)C(=O)OC. The van der Waals surface area contributed by atoms with E-state index in [1.807, 2.05) is 0 Å². The number of methoxy groups -OCH3 is 1. The second-order valence-corrected chi connectivity index (χ2v) is 3.60. The van der Waals surface area contributed by atoms with Crippen LogP contribution < -0.4 is 0 Å². The maximum absolute atomic E-state index is 10.8. The van der Waals surface area contributed by atoms with Crippen molar-refractivity contribution in [2.45, 2.75) is 58.0 Å². The largest absolute Gasteiger partial charge is 0.467 e. The minimum atomic E-state index is -0.925. The smallest absolute Gasteiger partial charge is 0.334 e. The van der Waals surface area contributed by atoms with Crippen molar-refractivity contribution < 1.29 is 14.6 Å². The summed E-state index contributed by atoms with van der Waals surface area (Å²) in [6.45, 7) is 2.18. The summed E-state index contributed by atoms with van der Waals surface area (Å²) in [5.74, 6) is -0.515. The molecule has 14 heavy (non-hydrogen) atoms. The van der Waals surface area contributed by atoms with E-state index in [1.54, 1.807) is 0 Å². The molecular weight excluding hydrogens is 180 g/mol. The van der Waals surface area contributed by atoms with E-state index in [-0.39, 0.29) is 0 Å². The number of carbonyl (C=O) groups excluding carboxylic acids is 1. The Kier molecular flexibility index (Phi) is 8.64. The highest BCUT2D eigenvalue weighted by molar-refractivity contribution is 5.74. The standard InChI is InChI=1S/C11H22O3/c1-3-4-5-6-7-8-9-10(12)11(13)14-2/h10,12H,3-9H2,1-2H3. The second kappa shape index (κ2) is 9.00. The molecule has 0 rings (SSSR count). The van der Waals surface area contributed by atoms with Gasteiger partial charge in [0.15, 0.2) is 6.10 Å². The lowest BCUT2D eigenvalue weighted by molar-refractivity contribution is -0.150. The predicted octanol–water partition coefficient (Wildman–Crippen LogP) is 2.27. The van der Waals surface area contributed by atoms with Crippen molar-refractivity contribution in [3.8, 4) is 0 Å². The van der Waals surface area contributed by atoms with Gasteiger partial charge < -0.3 is 9.84 Å². The summed E-state index contributed by atoms with van der Waals surface area (Å²) in [6, 6.07) is 0. The summed E-state index contributed by atoms with van der Waals surface area (Å²) < 4.78 is 4.42. The van der Waals surface area contributed by atoms with Gasteiger partial charge >= 0.3 is 5.97 Å². The Bertz CT molecular complexity index is 145. The lowest BCUT2D eigenvalue weighted by atomic mass is 10.1. The molecule has 0 radical (unpaired) electrons. The molecule has 0 spiro atoms. The number of esters is 1. The number of carbonyl (C=O) groups is 1. The molecule has 3 nitrogen and oxygen atoms in total. The Balaban J connectivity index is 3.23. The van der Waals surface area contributed by atoms with Gasteiger partial charge in [-0.3, -0.25) is 0 Å². The first-order valence-electron chi connectivity index (χ1n) is 5.48. The Labute approximate surface area is 86.5 Å². The lowest BCUT2D eigenvalue weighted by Gasteiger charge is -2.07. The summed E-state index contributed by atoms with van der Waals surface area (Å²) in [5, 5.41) is 9.25. The van der Waals surface area contributed by atoms with Crippen LogP contribution in [0.4, 0.5) is 0 Å². The molecule has 3 heteroatoms. The molecule has 0 bridgehead atoms. The highest BCUT2D eigenvalue weighted by atomic mass is 16.5. The molecule has 0 aliphatic heterocycles. The zero-order chi connectivity index (χ0) is 10.8. The van der Waals surface area contributed by atoms with E-state index < -0.39 is 12.1 Å². The fraction of sp³-hybridized carbons (Fsp3) is 0.909. The van der Waals surface area contributed by atoms with Crippen LogP contribution in [0.15, 0.2) is 0 Å². The van der Waals surface area contributed by atoms with Crippen molar-refractivity contribution in [2.24, 2.45) is 0 Å². The molecule has 0 aromatic heterocycles. The monoisotopic (exact) mass is 202 g/mol. The summed E-state index contributed by atoms with van der Waals surface area (Å²) in [7, 11) is 1.30. The van der Waals surface area contributed by atoms with Crippen LogP contribution in [0.1, 0.15) is 51.9 Å². The first-order chi connectivity index (χ1) is 6.72. The van der Waals surface area contributed by atoms with Crippen molar-refractivity contribution in [1.29, 1.82) is 0 Å². The van der Waals surface area contributed by atoms with Crippen LogP contribution in [-0.2, 0) is 9.53 Å². The first kappa shape index (κ1) is 13.4. The molecule has 0 aliphatic rings. The predicted molar refractivity (Wildman–Crippen MR) is 56.0 cm³/mol. The third-order valence-electron chi connectivity index (χ3n) is 2.30. The van der Waals surface area contributed by atoms with Crippen LogP contribution in [-0.4, -0.2) is 24.3 Å². The van der Waals surface area contributed by atoms with Crippen LogP contribution in [0.5, 0.6) is 0 Å². The molecule has 84 valence electrons. The van der Waals surface area contributed by atoms with Gasteiger partial charge in [0.1, 0.15) is 0 Å². The lowest BCUT2D eigenvalue weighted by Crippen LogP contribution is -2.21. The Morgan fingerprint density at radius 1 is 1.21 bits per heavy atom. The van der Waals surface area contributed by atoms with Gasteiger partial charge in [-0.2, -0.15) is 0 Å². The van der Waals surface area contributed by atoms with Crippen molar-refractivity contribution in [1.82, 2.24) is 0 Å². The Morgan fingerprint density at radius 2 is 1.79 bits per heavy atom. The summed E-state index contributed by atoms with van der Waals surface area (Å²) in [4.78, 5) is 10.8. The maximum Gasteiger partial charge on any atom is 0.334 e. The van der Waals surface area contributed by atoms with Crippen molar-refractivity contribution in [2.75, 3.05) is 7.11 Å². The van der Waals surface area contributed by atoms with Gasteiger partial charge in [-0.05, 0) is 6.42 Å². The fourth-order valence-electron chi connectivity index (χ4n) is 1.37. The highest BCUT2D eigenvalue weighted by Gasteiger charge is 2.13. The number of unbranched alkanes of at least 4 members (excludes halogenated alkanes) is 5. The zero-order valence-corrected chi connectivity index (χ0v) is 9.29. The molecule has 0 saturated heterocycles. The molecular formula is C11H22O3. The van der Waals surface area contributed by atoms with Crippen LogP contribution in [0, 0.1) is 0 Å². The number of aliphatic hydroxyl groups is 1. The fourth-order valence-corrected chi connectivity index (χ4v) is 1.37. The third kappa shape index (κ3) is 6.89. The van der Waals surface area contributed by atoms with Gasteiger partial charge in [0.2, 0.25) is 0 Å². The van der Waals surface area contributed by atoms with Crippen LogP contribution in [0.2, 0.25) is 0 Å². The molecule has 0 aliphatic carbocycles. The maximum atomic E-state index is 10.8. The molecule has 0 saturated carbocycles. The number of ether oxygens (including phenoxy) is 1. The molecule has 0 heterocycles. The van der Waals surface area contributed by atoms with Crippen molar-refractivity contribution in [3.05, 3.63) is 0 Å². The molecule has 0 amide bonds. The second-order valence-electron chi connectivity index (χ2n) is 3.60. The number of hydrogen-bond acceptors (Lipinski definition) is 3. The third-order valence-corrected chi connectivity index (χ3v) is 2.30. The number of aliphatic hydroxyl groups excluding tert-OH is 1. The van der Waals surface area contributed by atoms with Crippen molar-refractivity contribution in [3.63, 3.8) is 0 Å². The van der Waals surface area contributed by atoms with E-state index in [0.29, 0.717) is 6.42 Å². The van der Waals surface area contributed by atoms with E-state index in [1.165, 1.54) is 32.8 Å². The molecule has 0 fully saturated rings. The van der Waals surface area contributed by atoms with Gasteiger partial charge in [0.05, 0.1) is 7.11 Å². The first-order valence-corrected chi connectivity index (χ1v) is 5.48. The quantitative estimate of drug-likeness (QED) is 0.485. The van der Waals surface area contributed by atoms with Crippen LogP contribution >= 0.6 is 0 Å². The van der Waals surface area contributed by atoms with Gasteiger partial charge in [0.25, 0.3) is 0 Å².